The monoisotopic (exact) mass is 690 g/mol. The van der Waals surface area contributed by atoms with Gasteiger partial charge in [0.05, 0.1) is 23.6 Å². The number of ketones is 1. The third-order valence-electron chi connectivity index (χ3n) is 10.4. The Hall–Kier alpha value is -3.64. The maximum absolute atomic E-state index is 14.4. The normalized spacial score (nSPS) is 28.8. The summed E-state index contributed by atoms with van der Waals surface area (Å²) in [5, 5.41) is 2.88. The summed E-state index contributed by atoms with van der Waals surface area (Å²) >= 11 is 0. The second kappa shape index (κ2) is 14.3. The Morgan fingerprint density at radius 2 is 1.82 bits per heavy atom. The lowest BCUT2D eigenvalue weighted by molar-refractivity contribution is -0.153. The van der Waals surface area contributed by atoms with Crippen molar-refractivity contribution in [2.24, 2.45) is 17.3 Å². The van der Waals surface area contributed by atoms with Crippen LogP contribution < -0.4 is 14.8 Å². The Kier molecular flexibility index (Phi) is 10.7. The first kappa shape index (κ1) is 36.6. The molecule has 1 aromatic heterocycles. The van der Waals surface area contributed by atoms with Crippen molar-refractivity contribution in [3.8, 4) is 11.6 Å². The van der Waals surface area contributed by atoms with Crippen LogP contribution in [0.15, 0.2) is 18.2 Å². The molecule has 2 aromatic rings. The molecule has 3 heterocycles. The zero-order valence-electron chi connectivity index (χ0n) is 29.3. The van der Waals surface area contributed by atoms with Crippen LogP contribution in [-0.4, -0.2) is 75.8 Å². The number of hydrogen-bond acceptors (Lipinski definition) is 8. The number of alkyl halides is 3. The molecule has 10 nitrogen and oxygen atoms in total. The summed E-state index contributed by atoms with van der Waals surface area (Å²) in [4.78, 5) is 52.1. The highest BCUT2D eigenvalue weighted by atomic mass is 19.4. The standard InChI is InChI=1S/C36H49F3N4O6/c1-7-24-28-19-43(29(24)21(2)44)32(45)30(34(3,4)5)42-33(46)49-35(6)17-11-13-22(35)12-9-8-10-14-26-31(48-28)41-27-18-23(15-16-25(27)40-26)47-20-36(37,38)39/h15-16,18,22,24,28-30H,7-14,17,19-20H2,1-6H3,(H,42,46)/t22-,24-,28+,29-,30-,35-/m1/s1. The minimum absolute atomic E-state index is 0.00172. The van der Waals surface area contributed by atoms with Crippen LogP contribution in [0.2, 0.25) is 0 Å². The number of ether oxygens (including phenoxy) is 3. The van der Waals surface area contributed by atoms with Crippen molar-refractivity contribution in [2.45, 2.75) is 129 Å². The van der Waals surface area contributed by atoms with Gasteiger partial charge in [-0.25, -0.2) is 14.8 Å². The molecule has 2 fully saturated rings. The van der Waals surface area contributed by atoms with Crippen LogP contribution >= 0.6 is 0 Å². The summed E-state index contributed by atoms with van der Waals surface area (Å²) in [5.41, 5.74) is 0.0350. The molecule has 2 bridgehead atoms. The summed E-state index contributed by atoms with van der Waals surface area (Å²) in [5.74, 6) is -0.594. The number of alkyl carbamates (subject to hydrolysis) is 1. The number of carbonyl (C=O) groups is 3. The molecule has 2 aliphatic heterocycles. The van der Waals surface area contributed by atoms with Crippen LogP contribution in [0.5, 0.6) is 11.6 Å². The van der Waals surface area contributed by atoms with E-state index in [1.54, 1.807) is 6.07 Å². The van der Waals surface area contributed by atoms with Crippen molar-refractivity contribution in [2.75, 3.05) is 13.2 Å². The third kappa shape index (κ3) is 8.40. The number of nitrogens with zero attached hydrogens (tertiary/aromatic N) is 3. The fraction of sp³-hybridized carbons (Fsp3) is 0.694. The van der Waals surface area contributed by atoms with Gasteiger partial charge in [-0.2, -0.15) is 13.2 Å². The Morgan fingerprint density at radius 1 is 1.08 bits per heavy atom. The lowest BCUT2D eigenvalue weighted by Crippen LogP contribution is -2.58. The van der Waals surface area contributed by atoms with E-state index in [1.165, 1.54) is 24.0 Å². The molecule has 0 unspecified atom stereocenters. The third-order valence-corrected chi connectivity index (χ3v) is 10.4. The van der Waals surface area contributed by atoms with Crippen LogP contribution in [0.25, 0.3) is 11.0 Å². The number of Topliss-reactive ketones (excluding diaryl/α,β-unsaturated/α-hetero) is 1. The van der Waals surface area contributed by atoms with E-state index in [4.69, 9.17) is 24.2 Å². The molecule has 1 N–H and O–H groups in total. The SMILES string of the molecule is CC[C@@H]1[C@@H]2CN(C(=O)[C@H](C(C)(C)C)NC(=O)O[C@]3(C)CCC[C@H]3CCCCCc3nc4ccc(OCC(F)(F)F)cc4nc3O2)[C@@H]1C(C)=O. The minimum Gasteiger partial charge on any atom is -0.484 e. The van der Waals surface area contributed by atoms with E-state index in [0.29, 0.717) is 29.6 Å². The molecule has 270 valence electrons. The molecule has 2 amide bonds. The Bertz CT molecular complexity index is 1550. The molecule has 1 aliphatic carbocycles. The van der Waals surface area contributed by atoms with E-state index in [1.807, 2.05) is 34.6 Å². The number of fused-ring (bicyclic) bond motifs is 5. The van der Waals surface area contributed by atoms with E-state index in [0.717, 1.165) is 44.9 Å². The fourth-order valence-corrected chi connectivity index (χ4v) is 7.77. The number of rotatable bonds is 4. The van der Waals surface area contributed by atoms with Gasteiger partial charge in [-0.3, -0.25) is 9.59 Å². The van der Waals surface area contributed by atoms with Gasteiger partial charge in [0, 0.05) is 12.0 Å². The molecule has 1 aromatic carbocycles. The van der Waals surface area contributed by atoms with Gasteiger partial charge in [0.2, 0.25) is 11.8 Å². The van der Waals surface area contributed by atoms with Gasteiger partial charge in [-0.15, -0.1) is 0 Å². The number of aromatic nitrogens is 2. The second-order valence-electron chi connectivity index (χ2n) is 15.1. The summed E-state index contributed by atoms with van der Waals surface area (Å²) in [7, 11) is 0. The van der Waals surface area contributed by atoms with Crippen LogP contribution in [0.3, 0.4) is 0 Å². The Labute approximate surface area is 285 Å². The van der Waals surface area contributed by atoms with E-state index < -0.39 is 54.0 Å². The maximum atomic E-state index is 14.4. The number of benzene rings is 1. The van der Waals surface area contributed by atoms with Gasteiger partial charge in [0.25, 0.3) is 0 Å². The lowest BCUT2D eigenvalue weighted by atomic mass is 9.85. The lowest BCUT2D eigenvalue weighted by Gasteiger charge is -2.37. The first-order chi connectivity index (χ1) is 23.0. The number of hydrogen-bond donors (Lipinski definition) is 1. The highest BCUT2D eigenvalue weighted by Gasteiger charge is 2.51. The Balaban J connectivity index is 1.54. The predicted octanol–water partition coefficient (Wildman–Crippen LogP) is 6.96. The van der Waals surface area contributed by atoms with Gasteiger partial charge in [0.1, 0.15) is 29.2 Å². The molecule has 0 spiro atoms. The zero-order chi connectivity index (χ0) is 35.7. The van der Waals surface area contributed by atoms with E-state index in [-0.39, 0.29) is 35.8 Å². The van der Waals surface area contributed by atoms with Crippen LogP contribution in [0.4, 0.5) is 18.0 Å². The first-order valence-corrected chi connectivity index (χ1v) is 17.5. The number of halogens is 3. The number of amides is 2. The minimum atomic E-state index is -4.50. The molecular weight excluding hydrogens is 641 g/mol. The zero-order valence-corrected chi connectivity index (χ0v) is 29.3. The highest BCUT2D eigenvalue weighted by molar-refractivity contribution is 5.92. The van der Waals surface area contributed by atoms with Crippen molar-refractivity contribution in [1.82, 2.24) is 20.2 Å². The largest absolute Gasteiger partial charge is 0.484 e. The van der Waals surface area contributed by atoms with Crippen molar-refractivity contribution >= 4 is 28.8 Å². The van der Waals surface area contributed by atoms with Gasteiger partial charge in [-0.1, -0.05) is 40.5 Å². The number of nitrogens with one attached hydrogen (secondary N) is 1. The molecule has 5 rings (SSSR count). The highest BCUT2D eigenvalue weighted by Crippen LogP contribution is 2.42. The van der Waals surface area contributed by atoms with E-state index in [9.17, 15) is 27.6 Å². The van der Waals surface area contributed by atoms with Gasteiger partial charge in [0.15, 0.2) is 12.4 Å². The van der Waals surface area contributed by atoms with Crippen molar-refractivity contribution < 1.29 is 41.8 Å². The summed E-state index contributed by atoms with van der Waals surface area (Å²) < 4.78 is 56.2. The van der Waals surface area contributed by atoms with Crippen LogP contribution in [0.1, 0.15) is 98.6 Å². The van der Waals surface area contributed by atoms with Crippen molar-refractivity contribution in [3.05, 3.63) is 23.9 Å². The molecule has 0 radical (unpaired) electrons. The van der Waals surface area contributed by atoms with E-state index >= 15 is 0 Å². The molecule has 3 aliphatic rings. The average Bonchev–Trinajstić information content (AvgIpc) is 3.56. The van der Waals surface area contributed by atoms with Gasteiger partial charge < -0.3 is 24.4 Å². The fourth-order valence-electron chi connectivity index (χ4n) is 7.77. The second-order valence-corrected chi connectivity index (χ2v) is 15.1. The predicted molar refractivity (Wildman–Crippen MR) is 176 cm³/mol. The average molecular weight is 691 g/mol. The topological polar surface area (TPSA) is 120 Å². The molecule has 49 heavy (non-hydrogen) atoms. The van der Waals surface area contributed by atoms with Crippen molar-refractivity contribution in [3.63, 3.8) is 0 Å². The van der Waals surface area contributed by atoms with Crippen LogP contribution in [0, 0.1) is 17.3 Å². The maximum Gasteiger partial charge on any atom is 0.422 e. The summed E-state index contributed by atoms with van der Waals surface area (Å²) in [6, 6.07) is 2.64. The Morgan fingerprint density at radius 3 is 2.49 bits per heavy atom. The van der Waals surface area contributed by atoms with Gasteiger partial charge in [-0.05, 0) is 82.3 Å². The molecule has 1 saturated carbocycles. The molecule has 13 heteroatoms. The smallest absolute Gasteiger partial charge is 0.422 e. The summed E-state index contributed by atoms with van der Waals surface area (Å²) in [6.45, 7) is 9.55. The molecule has 1 saturated heterocycles. The van der Waals surface area contributed by atoms with Crippen molar-refractivity contribution in [1.29, 1.82) is 0 Å². The quantitative estimate of drug-likeness (QED) is 0.366. The van der Waals surface area contributed by atoms with E-state index in [2.05, 4.69) is 5.32 Å². The number of carbonyl (C=O) groups excluding carboxylic acids is 3. The van der Waals surface area contributed by atoms with Crippen LogP contribution in [-0.2, 0) is 20.7 Å². The van der Waals surface area contributed by atoms with Gasteiger partial charge >= 0.3 is 12.3 Å². The molecule has 6 atom stereocenters. The summed E-state index contributed by atoms with van der Waals surface area (Å²) in [6.07, 6.45) is 1.39. The first-order valence-electron chi connectivity index (χ1n) is 17.5. The number of aryl methyl sites for hydroxylation is 1. The molecular formula is C36H49F3N4O6.